The zero-order valence-corrected chi connectivity index (χ0v) is 20.7. The normalized spacial score (nSPS) is 34.5. The summed E-state index contributed by atoms with van der Waals surface area (Å²) in [6.45, 7) is 8.11. The van der Waals surface area contributed by atoms with Gasteiger partial charge in [0.25, 0.3) is 0 Å². The molecule has 1 saturated heterocycles. The van der Waals surface area contributed by atoms with Crippen LogP contribution in [0.3, 0.4) is 0 Å². The van der Waals surface area contributed by atoms with Crippen molar-refractivity contribution >= 4 is 0 Å². The summed E-state index contributed by atoms with van der Waals surface area (Å²) in [5.41, 5.74) is 3.05. The molecule has 1 aliphatic carbocycles. The SMILES string of the molecule is CCCCCc1cc(O[C@@H]2OC(CO)[C@@H](O)C(O)C2O)c2c(c1)OC(C)(C)[C@@H]1CC=C(C)C[C@@H]21. The van der Waals surface area contributed by atoms with Crippen LogP contribution in [0.15, 0.2) is 23.8 Å². The van der Waals surface area contributed by atoms with Gasteiger partial charge in [-0.2, -0.15) is 0 Å². The Morgan fingerprint density at radius 1 is 1.09 bits per heavy atom. The Kier molecular flexibility index (Phi) is 7.60. The molecule has 7 nitrogen and oxygen atoms in total. The van der Waals surface area contributed by atoms with Crippen molar-refractivity contribution in [3.8, 4) is 11.5 Å². The van der Waals surface area contributed by atoms with Gasteiger partial charge in [0, 0.05) is 17.4 Å². The molecule has 3 unspecified atom stereocenters. The van der Waals surface area contributed by atoms with Crippen LogP contribution >= 0.6 is 0 Å². The fourth-order valence-electron chi connectivity index (χ4n) is 5.71. The van der Waals surface area contributed by atoms with Crippen LogP contribution in [0.2, 0.25) is 0 Å². The van der Waals surface area contributed by atoms with Crippen molar-refractivity contribution in [2.24, 2.45) is 5.92 Å². The van der Waals surface area contributed by atoms with E-state index in [-0.39, 0.29) is 17.4 Å². The summed E-state index contributed by atoms with van der Waals surface area (Å²) >= 11 is 0. The van der Waals surface area contributed by atoms with Gasteiger partial charge < -0.3 is 34.6 Å². The second kappa shape index (κ2) is 10.2. The molecular formula is C27H40O7. The molecule has 3 aliphatic rings. The van der Waals surface area contributed by atoms with Crippen molar-refractivity contribution in [1.29, 1.82) is 0 Å². The highest BCUT2D eigenvalue weighted by Crippen LogP contribution is 2.54. The van der Waals surface area contributed by atoms with Crippen LogP contribution in [0.25, 0.3) is 0 Å². The van der Waals surface area contributed by atoms with Crippen LogP contribution in [-0.2, 0) is 11.2 Å². The molecule has 0 bridgehead atoms. The third-order valence-electron chi connectivity index (χ3n) is 7.71. The van der Waals surface area contributed by atoms with E-state index < -0.39 is 37.3 Å². The summed E-state index contributed by atoms with van der Waals surface area (Å²) in [6, 6.07) is 4.12. The molecule has 34 heavy (non-hydrogen) atoms. The number of fused-ring (bicyclic) bond motifs is 3. The van der Waals surface area contributed by atoms with Crippen LogP contribution in [0, 0.1) is 5.92 Å². The Morgan fingerprint density at radius 2 is 1.85 bits per heavy atom. The summed E-state index contributed by atoms with van der Waals surface area (Å²) < 4.78 is 18.5. The van der Waals surface area contributed by atoms with E-state index in [0.29, 0.717) is 5.75 Å². The molecule has 1 aromatic carbocycles. The number of hydrogen-bond acceptors (Lipinski definition) is 7. The number of benzene rings is 1. The predicted octanol–water partition coefficient (Wildman–Crippen LogP) is 3.21. The third-order valence-corrected chi connectivity index (χ3v) is 7.71. The molecule has 7 atom stereocenters. The lowest BCUT2D eigenvalue weighted by atomic mass is 9.67. The first kappa shape index (κ1) is 25.5. The van der Waals surface area contributed by atoms with E-state index in [1.807, 2.05) is 6.07 Å². The summed E-state index contributed by atoms with van der Waals surface area (Å²) in [5, 5.41) is 40.6. The first-order chi connectivity index (χ1) is 16.2. The number of aryl methyl sites for hydroxylation is 1. The Labute approximate surface area is 202 Å². The maximum absolute atomic E-state index is 10.6. The first-order valence-corrected chi connectivity index (χ1v) is 12.6. The molecule has 190 valence electrons. The van der Waals surface area contributed by atoms with Gasteiger partial charge in [0.15, 0.2) is 0 Å². The number of rotatable bonds is 7. The summed E-state index contributed by atoms with van der Waals surface area (Å²) in [6.07, 6.45) is 1.67. The first-order valence-electron chi connectivity index (χ1n) is 12.6. The van der Waals surface area contributed by atoms with Crippen molar-refractivity contribution in [3.63, 3.8) is 0 Å². The number of aliphatic hydroxyl groups is 4. The highest BCUT2D eigenvalue weighted by atomic mass is 16.7. The van der Waals surface area contributed by atoms with Gasteiger partial charge in [-0.15, -0.1) is 0 Å². The van der Waals surface area contributed by atoms with Crippen molar-refractivity contribution in [1.82, 2.24) is 0 Å². The molecular weight excluding hydrogens is 436 g/mol. The monoisotopic (exact) mass is 476 g/mol. The molecule has 4 rings (SSSR count). The molecule has 0 saturated carbocycles. The van der Waals surface area contributed by atoms with Crippen LogP contribution in [-0.4, -0.2) is 63.3 Å². The minimum atomic E-state index is -1.48. The quantitative estimate of drug-likeness (QED) is 0.353. The Morgan fingerprint density at radius 3 is 2.56 bits per heavy atom. The molecule has 0 spiro atoms. The highest BCUT2D eigenvalue weighted by molar-refractivity contribution is 5.53. The van der Waals surface area contributed by atoms with Gasteiger partial charge in [-0.05, 0) is 64.2 Å². The van der Waals surface area contributed by atoms with Gasteiger partial charge in [0.2, 0.25) is 6.29 Å². The van der Waals surface area contributed by atoms with Crippen LogP contribution in [0.5, 0.6) is 11.5 Å². The maximum atomic E-state index is 10.6. The van der Waals surface area contributed by atoms with Gasteiger partial charge in [-0.1, -0.05) is 31.4 Å². The van der Waals surface area contributed by atoms with Crippen molar-refractivity contribution in [3.05, 3.63) is 34.9 Å². The topological polar surface area (TPSA) is 109 Å². The standard InChI is InChI=1S/C27H40O7/c1-5-6-7-8-16-12-19(32-26-25(31)24(30)23(29)21(14-28)33-26)22-17-11-15(2)9-10-18(17)27(3,4)34-20(22)13-16/h9,12-13,17-18,21,23-26,28-31H,5-8,10-11,14H2,1-4H3/t17-,18-,21?,23-,24?,25?,26-/m1/s1. The molecule has 2 heterocycles. The molecule has 7 heteroatoms. The summed E-state index contributed by atoms with van der Waals surface area (Å²) in [5.74, 6) is 1.84. The molecule has 0 aromatic heterocycles. The smallest absolute Gasteiger partial charge is 0.229 e. The van der Waals surface area contributed by atoms with E-state index in [1.165, 1.54) is 5.57 Å². The van der Waals surface area contributed by atoms with E-state index in [1.54, 1.807) is 0 Å². The van der Waals surface area contributed by atoms with Gasteiger partial charge in [0.05, 0.1) is 6.61 Å². The Bertz CT molecular complexity index is 893. The van der Waals surface area contributed by atoms with Crippen LogP contribution in [0.1, 0.15) is 76.8 Å². The van der Waals surface area contributed by atoms with Gasteiger partial charge in [0.1, 0.15) is 41.5 Å². The van der Waals surface area contributed by atoms with Crippen molar-refractivity contribution in [2.75, 3.05) is 6.61 Å². The van der Waals surface area contributed by atoms with E-state index in [9.17, 15) is 20.4 Å². The molecule has 1 aromatic rings. The second-order valence-electron chi connectivity index (χ2n) is 10.7. The van der Waals surface area contributed by atoms with Crippen molar-refractivity contribution < 1.29 is 34.6 Å². The second-order valence-corrected chi connectivity index (χ2v) is 10.7. The van der Waals surface area contributed by atoms with E-state index in [2.05, 4.69) is 39.8 Å². The van der Waals surface area contributed by atoms with Gasteiger partial charge in [-0.3, -0.25) is 0 Å². The fraction of sp³-hybridized carbons (Fsp3) is 0.704. The predicted molar refractivity (Wildman–Crippen MR) is 128 cm³/mol. The lowest BCUT2D eigenvalue weighted by Crippen LogP contribution is -2.60. The van der Waals surface area contributed by atoms with Crippen molar-refractivity contribution in [2.45, 2.75) is 108 Å². The number of unbranched alkanes of at least 4 members (excludes halogenated alkanes) is 2. The largest absolute Gasteiger partial charge is 0.487 e. The lowest BCUT2D eigenvalue weighted by Gasteiger charge is -2.47. The van der Waals surface area contributed by atoms with E-state index in [4.69, 9.17) is 14.2 Å². The number of hydrogen-bond donors (Lipinski definition) is 4. The zero-order valence-electron chi connectivity index (χ0n) is 20.7. The maximum Gasteiger partial charge on any atom is 0.229 e. The number of ether oxygens (including phenoxy) is 3. The average molecular weight is 477 g/mol. The molecule has 4 N–H and O–H groups in total. The lowest BCUT2D eigenvalue weighted by molar-refractivity contribution is -0.277. The number of aliphatic hydroxyl groups excluding tert-OH is 4. The van der Waals surface area contributed by atoms with Crippen LogP contribution in [0.4, 0.5) is 0 Å². The molecule has 2 aliphatic heterocycles. The number of allylic oxidation sites excluding steroid dienone is 2. The highest BCUT2D eigenvalue weighted by Gasteiger charge is 2.48. The van der Waals surface area contributed by atoms with Gasteiger partial charge >= 0.3 is 0 Å². The third kappa shape index (κ3) is 4.86. The molecule has 1 fully saturated rings. The van der Waals surface area contributed by atoms with Crippen LogP contribution < -0.4 is 9.47 Å². The molecule has 0 radical (unpaired) electrons. The summed E-state index contributed by atoms with van der Waals surface area (Å²) in [4.78, 5) is 0. The minimum Gasteiger partial charge on any atom is -0.487 e. The average Bonchev–Trinajstić information content (AvgIpc) is 2.78. The Balaban J connectivity index is 1.74. The summed E-state index contributed by atoms with van der Waals surface area (Å²) in [7, 11) is 0. The Hall–Kier alpha value is -1.64. The minimum absolute atomic E-state index is 0.188. The fourth-order valence-corrected chi connectivity index (χ4v) is 5.71. The van der Waals surface area contributed by atoms with E-state index >= 15 is 0 Å². The zero-order chi connectivity index (χ0) is 24.6. The van der Waals surface area contributed by atoms with Gasteiger partial charge in [-0.25, -0.2) is 0 Å². The molecule has 0 amide bonds. The van der Waals surface area contributed by atoms with E-state index in [0.717, 1.165) is 55.4 Å².